The van der Waals surface area contributed by atoms with Gasteiger partial charge in [0.25, 0.3) is 0 Å². The standard InChI is InChI=1S/C15H14ClNO4S/c1-22(19,20)17-13-4-2-3-11(9-13)14-10-12(16)5-6-15(14)21-8-7-18/h2-7,9-10,17H,8H2,1H3. The third-order valence-electron chi connectivity index (χ3n) is 2.73. The number of anilines is 1. The minimum Gasteiger partial charge on any atom is -0.485 e. The minimum atomic E-state index is -3.36. The zero-order valence-electron chi connectivity index (χ0n) is 11.7. The van der Waals surface area contributed by atoms with Crippen LogP contribution in [0.1, 0.15) is 0 Å². The van der Waals surface area contributed by atoms with Crippen molar-refractivity contribution < 1.29 is 17.9 Å². The van der Waals surface area contributed by atoms with Crippen LogP contribution >= 0.6 is 11.6 Å². The third-order valence-corrected chi connectivity index (χ3v) is 3.57. The fourth-order valence-corrected chi connectivity index (χ4v) is 2.67. The molecular formula is C15H14ClNO4S. The molecule has 0 saturated carbocycles. The molecule has 116 valence electrons. The lowest BCUT2D eigenvalue weighted by Gasteiger charge is -2.12. The zero-order valence-corrected chi connectivity index (χ0v) is 13.3. The highest BCUT2D eigenvalue weighted by molar-refractivity contribution is 7.92. The van der Waals surface area contributed by atoms with E-state index in [1.165, 1.54) is 0 Å². The first-order valence-corrected chi connectivity index (χ1v) is 8.60. The number of carbonyl (C=O) groups is 1. The molecule has 22 heavy (non-hydrogen) atoms. The molecule has 0 spiro atoms. The highest BCUT2D eigenvalue weighted by atomic mass is 35.5. The van der Waals surface area contributed by atoms with E-state index < -0.39 is 10.0 Å². The van der Waals surface area contributed by atoms with E-state index in [2.05, 4.69) is 4.72 Å². The van der Waals surface area contributed by atoms with Gasteiger partial charge in [-0.2, -0.15) is 0 Å². The summed E-state index contributed by atoms with van der Waals surface area (Å²) in [5.74, 6) is 0.494. The molecule has 5 nitrogen and oxygen atoms in total. The summed E-state index contributed by atoms with van der Waals surface area (Å²) < 4.78 is 30.4. The van der Waals surface area contributed by atoms with Crippen LogP contribution in [-0.2, 0) is 14.8 Å². The molecule has 2 aromatic carbocycles. The predicted molar refractivity (Wildman–Crippen MR) is 86.9 cm³/mol. The van der Waals surface area contributed by atoms with Gasteiger partial charge in [0.2, 0.25) is 10.0 Å². The van der Waals surface area contributed by atoms with E-state index >= 15 is 0 Å². The number of rotatable bonds is 6. The van der Waals surface area contributed by atoms with Gasteiger partial charge in [0.1, 0.15) is 12.4 Å². The number of benzene rings is 2. The van der Waals surface area contributed by atoms with Crippen molar-refractivity contribution in [3.05, 3.63) is 47.5 Å². The van der Waals surface area contributed by atoms with Crippen molar-refractivity contribution in [2.24, 2.45) is 0 Å². The number of hydrogen-bond donors (Lipinski definition) is 1. The second-order valence-electron chi connectivity index (χ2n) is 4.57. The molecule has 1 N–H and O–H groups in total. The van der Waals surface area contributed by atoms with Crippen molar-refractivity contribution in [2.75, 3.05) is 17.6 Å². The van der Waals surface area contributed by atoms with E-state index in [-0.39, 0.29) is 6.61 Å². The largest absolute Gasteiger partial charge is 0.485 e. The molecule has 0 aliphatic rings. The normalized spacial score (nSPS) is 11.0. The Labute approximate surface area is 133 Å². The number of hydrogen-bond acceptors (Lipinski definition) is 4. The average molecular weight is 340 g/mol. The Morgan fingerprint density at radius 3 is 2.68 bits per heavy atom. The van der Waals surface area contributed by atoms with Crippen molar-refractivity contribution >= 4 is 33.6 Å². The molecule has 0 heterocycles. The van der Waals surface area contributed by atoms with Crippen LogP contribution < -0.4 is 9.46 Å². The van der Waals surface area contributed by atoms with Crippen molar-refractivity contribution in [2.45, 2.75) is 0 Å². The first-order chi connectivity index (χ1) is 10.4. The van der Waals surface area contributed by atoms with E-state index in [1.54, 1.807) is 42.5 Å². The van der Waals surface area contributed by atoms with Gasteiger partial charge in [-0.05, 0) is 35.9 Å². The van der Waals surface area contributed by atoms with Crippen LogP contribution in [0.25, 0.3) is 11.1 Å². The number of nitrogens with one attached hydrogen (secondary N) is 1. The van der Waals surface area contributed by atoms with Gasteiger partial charge in [-0.3, -0.25) is 9.52 Å². The van der Waals surface area contributed by atoms with Crippen LogP contribution in [0.3, 0.4) is 0 Å². The molecule has 7 heteroatoms. The lowest BCUT2D eigenvalue weighted by atomic mass is 10.0. The van der Waals surface area contributed by atoms with Gasteiger partial charge in [-0.25, -0.2) is 8.42 Å². The van der Waals surface area contributed by atoms with Crippen LogP contribution in [0.4, 0.5) is 5.69 Å². The Balaban J connectivity index is 2.44. The summed E-state index contributed by atoms with van der Waals surface area (Å²) in [6.07, 6.45) is 1.73. The second kappa shape index (κ2) is 6.81. The summed E-state index contributed by atoms with van der Waals surface area (Å²) in [4.78, 5) is 10.5. The van der Waals surface area contributed by atoms with Gasteiger partial charge in [0.15, 0.2) is 6.29 Å². The molecule has 0 unspecified atom stereocenters. The predicted octanol–water partition coefficient (Wildman–Crippen LogP) is 2.96. The quantitative estimate of drug-likeness (QED) is 0.821. The van der Waals surface area contributed by atoms with Crippen molar-refractivity contribution in [3.8, 4) is 16.9 Å². The first-order valence-electron chi connectivity index (χ1n) is 6.33. The van der Waals surface area contributed by atoms with Crippen molar-refractivity contribution in [3.63, 3.8) is 0 Å². The molecule has 2 rings (SSSR count). The van der Waals surface area contributed by atoms with E-state index in [0.717, 1.165) is 11.8 Å². The van der Waals surface area contributed by atoms with E-state index in [4.69, 9.17) is 16.3 Å². The van der Waals surface area contributed by atoms with Crippen molar-refractivity contribution in [1.82, 2.24) is 0 Å². The van der Waals surface area contributed by atoms with Crippen LogP contribution in [0.5, 0.6) is 5.75 Å². The highest BCUT2D eigenvalue weighted by Gasteiger charge is 2.09. The summed E-state index contributed by atoms with van der Waals surface area (Å²) in [5.41, 5.74) is 1.82. The van der Waals surface area contributed by atoms with E-state index in [1.807, 2.05) is 0 Å². The van der Waals surface area contributed by atoms with Gasteiger partial charge < -0.3 is 4.74 Å². The average Bonchev–Trinajstić information content (AvgIpc) is 2.44. The molecule has 0 atom stereocenters. The molecule has 0 bridgehead atoms. The fourth-order valence-electron chi connectivity index (χ4n) is 1.94. The SMILES string of the molecule is CS(=O)(=O)Nc1cccc(-c2cc(Cl)ccc2OCC=O)c1. The minimum absolute atomic E-state index is 0.0735. The number of carbonyl (C=O) groups excluding carboxylic acids is 1. The Morgan fingerprint density at radius 2 is 2.00 bits per heavy atom. The highest BCUT2D eigenvalue weighted by Crippen LogP contribution is 2.33. The molecule has 0 amide bonds. The fraction of sp³-hybridized carbons (Fsp3) is 0.133. The number of sulfonamides is 1. The van der Waals surface area contributed by atoms with Gasteiger partial charge in [-0.1, -0.05) is 23.7 Å². The summed E-state index contributed by atoms with van der Waals surface area (Å²) in [7, 11) is -3.36. The Kier molecular flexibility index (Phi) is 5.05. The molecule has 0 fully saturated rings. The van der Waals surface area contributed by atoms with Gasteiger partial charge in [0, 0.05) is 16.3 Å². The summed E-state index contributed by atoms with van der Waals surface area (Å²) in [5, 5.41) is 0.509. The summed E-state index contributed by atoms with van der Waals surface area (Å²) in [6.45, 7) is -0.0735. The van der Waals surface area contributed by atoms with Gasteiger partial charge >= 0.3 is 0 Å². The zero-order chi connectivity index (χ0) is 16.2. The Morgan fingerprint density at radius 1 is 1.23 bits per heavy atom. The van der Waals surface area contributed by atoms with Crippen molar-refractivity contribution in [1.29, 1.82) is 0 Å². The van der Waals surface area contributed by atoms with Crippen LogP contribution in [0.2, 0.25) is 5.02 Å². The molecule has 0 saturated heterocycles. The topological polar surface area (TPSA) is 72.5 Å². The van der Waals surface area contributed by atoms with Crippen LogP contribution in [0, 0.1) is 0 Å². The number of halogens is 1. The van der Waals surface area contributed by atoms with Crippen LogP contribution in [-0.4, -0.2) is 27.6 Å². The van der Waals surface area contributed by atoms with E-state index in [0.29, 0.717) is 28.3 Å². The van der Waals surface area contributed by atoms with Gasteiger partial charge in [0.05, 0.1) is 6.26 Å². The smallest absolute Gasteiger partial charge is 0.229 e. The Hall–Kier alpha value is -2.05. The van der Waals surface area contributed by atoms with E-state index in [9.17, 15) is 13.2 Å². The molecule has 0 aliphatic heterocycles. The molecule has 2 aromatic rings. The maximum Gasteiger partial charge on any atom is 0.229 e. The number of ether oxygens (including phenoxy) is 1. The summed E-state index contributed by atoms with van der Waals surface area (Å²) in [6, 6.07) is 11.8. The van der Waals surface area contributed by atoms with Gasteiger partial charge in [-0.15, -0.1) is 0 Å². The maximum absolute atomic E-state index is 11.3. The number of aldehydes is 1. The summed E-state index contributed by atoms with van der Waals surface area (Å²) >= 11 is 6.01. The molecule has 0 aromatic heterocycles. The lowest BCUT2D eigenvalue weighted by Crippen LogP contribution is -2.09. The monoisotopic (exact) mass is 339 g/mol. The van der Waals surface area contributed by atoms with Crippen LogP contribution in [0.15, 0.2) is 42.5 Å². The molecule has 0 radical (unpaired) electrons. The molecule has 0 aliphatic carbocycles. The molecular weight excluding hydrogens is 326 g/mol. The first kappa shape index (κ1) is 16.3. The Bertz CT molecular complexity index is 790. The third kappa shape index (κ3) is 4.47. The second-order valence-corrected chi connectivity index (χ2v) is 6.76. The maximum atomic E-state index is 11.3. The lowest BCUT2D eigenvalue weighted by molar-refractivity contribution is -0.109.